The number of ether oxygens (including phenoxy) is 1. The average Bonchev–Trinajstić information content (AvgIpc) is 2.59. The van der Waals surface area contributed by atoms with Gasteiger partial charge in [0, 0.05) is 17.0 Å². The van der Waals surface area contributed by atoms with Gasteiger partial charge in [-0.15, -0.1) is 11.8 Å². The van der Waals surface area contributed by atoms with Gasteiger partial charge in [0.1, 0.15) is 5.75 Å². The largest absolute Gasteiger partial charge is 0.494 e. The number of para-hydroxylation sites is 1. The van der Waals surface area contributed by atoms with Crippen molar-refractivity contribution in [2.45, 2.75) is 17.7 Å². The Kier molecular flexibility index (Phi) is 5.38. The topological polar surface area (TPSA) is 67.4 Å². The molecule has 6 heteroatoms. The molecule has 0 aromatic heterocycles. The molecule has 24 heavy (non-hydrogen) atoms. The van der Waals surface area contributed by atoms with E-state index in [2.05, 4.69) is 10.6 Å². The van der Waals surface area contributed by atoms with Crippen molar-refractivity contribution in [3.63, 3.8) is 0 Å². The maximum Gasteiger partial charge on any atom is 0.234 e. The molecule has 0 bridgehead atoms. The highest BCUT2D eigenvalue weighted by Crippen LogP contribution is 2.33. The molecule has 2 aromatic rings. The van der Waals surface area contributed by atoms with Crippen LogP contribution in [0.15, 0.2) is 53.4 Å². The van der Waals surface area contributed by atoms with Gasteiger partial charge in [0.2, 0.25) is 11.8 Å². The standard InChI is InChI=1S/C18H18N2O3S/c21-17(7-4-10-23-14-5-2-1-3-6-14)19-13-8-9-16-15(11-13)20-18(22)12-24-16/h1-3,5-6,8-9,11H,4,7,10,12H2,(H,19,21)(H,20,22). The molecule has 0 spiro atoms. The van der Waals surface area contributed by atoms with Gasteiger partial charge >= 0.3 is 0 Å². The van der Waals surface area contributed by atoms with Crippen molar-refractivity contribution < 1.29 is 14.3 Å². The number of hydrogen-bond donors (Lipinski definition) is 2. The van der Waals surface area contributed by atoms with E-state index in [-0.39, 0.29) is 11.8 Å². The van der Waals surface area contributed by atoms with E-state index in [0.29, 0.717) is 30.9 Å². The SMILES string of the molecule is O=C(CCCOc1ccccc1)Nc1ccc2c(c1)NC(=O)CS2. The normalized spacial score (nSPS) is 12.9. The summed E-state index contributed by atoms with van der Waals surface area (Å²) < 4.78 is 5.56. The molecule has 124 valence electrons. The Morgan fingerprint density at radius 2 is 2.04 bits per heavy atom. The van der Waals surface area contributed by atoms with Crippen LogP contribution in [-0.4, -0.2) is 24.2 Å². The fourth-order valence-electron chi connectivity index (χ4n) is 2.32. The van der Waals surface area contributed by atoms with Gasteiger partial charge in [0.15, 0.2) is 0 Å². The zero-order valence-electron chi connectivity index (χ0n) is 13.1. The third kappa shape index (κ3) is 4.52. The lowest BCUT2D eigenvalue weighted by atomic mass is 10.2. The van der Waals surface area contributed by atoms with Crippen LogP contribution in [0, 0.1) is 0 Å². The van der Waals surface area contributed by atoms with Gasteiger partial charge in [-0.1, -0.05) is 18.2 Å². The molecule has 0 aliphatic carbocycles. The van der Waals surface area contributed by atoms with E-state index in [0.717, 1.165) is 16.3 Å². The molecular weight excluding hydrogens is 324 g/mol. The number of benzene rings is 2. The Balaban J connectivity index is 1.45. The zero-order valence-corrected chi connectivity index (χ0v) is 13.9. The Labute approximate surface area is 144 Å². The zero-order chi connectivity index (χ0) is 16.8. The van der Waals surface area contributed by atoms with Crippen molar-refractivity contribution in [1.82, 2.24) is 0 Å². The molecule has 2 amide bonds. The number of carbonyl (C=O) groups is 2. The molecule has 2 N–H and O–H groups in total. The predicted octanol–water partition coefficient (Wildman–Crippen LogP) is 3.53. The molecule has 0 saturated heterocycles. The first kappa shape index (κ1) is 16.4. The average molecular weight is 342 g/mol. The van der Waals surface area contributed by atoms with E-state index in [1.54, 1.807) is 6.07 Å². The Morgan fingerprint density at radius 1 is 1.21 bits per heavy atom. The maximum atomic E-state index is 12.0. The monoisotopic (exact) mass is 342 g/mol. The molecule has 3 rings (SSSR count). The Morgan fingerprint density at radius 3 is 2.88 bits per heavy atom. The van der Waals surface area contributed by atoms with E-state index < -0.39 is 0 Å². The molecule has 0 fully saturated rings. The van der Waals surface area contributed by atoms with Crippen LogP contribution in [0.4, 0.5) is 11.4 Å². The molecule has 2 aromatic carbocycles. The molecule has 1 aliphatic heterocycles. The van der Waals surface area contributed by atoms with Crippen LogP contribution in [-0.2, 0) is 9.59 Å². The van der Waals surface area contributed by atoms with Gasteiger partial charge in [-0.3, -0.25) is 9.59 Å². The molecule has 0 saturated carbocycles. The number of rotatable bonds is 6. The van der Waals surface area contributed by atoms with E-state index in [1.165, 1.54) is 11.8 Å². The summed E-state index contributed by atoms with van der Waals surface area (Å²) in [6.45, 7) is 0.494. The van der Waals surface area contributed by atoms with Crippen molar-refractivity contribution in [2.24, 2.45) is 0 Å². The third-order valence-corrected chi connectivity index (χ3v) is 4.53. The van der Waals surface area contributed by atoms with Crippen LogP contribution in [0.25, 0.3) is 0 Å². The van der Waals surface area contributed by atoms with Crippen molar-refractivity contribution in [3.8, 4) is 5.75 Å². The first-order valence-electron chi connectivity index (χ1n) is 7.75. The summed E-state index contributed by atoms with van der Waals surface area (Å²) in [5.74, 6) is 1.15. The summed E-state index contributed by atoms with van der Waals surface area (Å²) in [6.07, 6.45) is 1.02. The number of amides is 2. The summed E-state index contributed by atoms with van der Waals surface area (Å²) >= 11 is 1.50. The minimum Gasteiger partial charge on any atom is -0.494 e. The quantitative estimate of drug-likeness (QED) is 0.788. The minimum atomic E-state index is -0.0681. The number of nitrogens with one attached hydrogen (secondary N) is 2. The molecular formula is C18H18N2O3S. The number of anilines is 2. The molecule has 1 heterocycles. The smallest absolute Gasteiger partial charge is 0.234 e. The third-order valence-electron chi connectivity index (χ3n) is 3.46. The molecule has 0 atom stereocenters. The maximum absolute atomic E-state index is 12.0. The number of thioether (sulfide) groups is 1. The van der Waals surface area contributed by atoms with Crippen molar-refractivity contribution in [3.05, 3.63) is 48.5 Å². The molecule has 1 aliphatic rings. The summed E-state index contributed by atoms with van der Waals surface area (Å²) in [5, 5.41) is 5.66. The first-order valence-corrected chi connectivity index (χ1v) is 8.74. The van der Waals surface area contributed by atoms with E-state index >= 15 is 0 Å². The van der Waals surface area contributed by atoms with Crippen molar-refractivity contribution >= 4 is 35.0 Å². The van der Waals surface area contributed by atoms with Gasteiger partial charge in [0.25, 0.3) is 0 Å². The lowest BCUT2D eigenvalue weighted by Gasteiger charge is -2.17. The van der Waals surface area contributed by atoms with E-state index in [4.69, 9.17) is 4.74 Å². The minimum absolute atomic E-state index is 0.0194. The van der Waals surface area contributed by atoms with Gasteiger partial charge in [-0.25, -0.2) is 0 Å². The van der Waals surface area contributed by atoms with Crippen molar-refractivity contribution in [2.75, 3.05) is 23.0 Å². The summed E-state index contributed by atoms with van der Waals surface area (Å²) in [4.78, 5) is 24.4. The second-order valence-electron chi connectivity index (χ2n) is 5.36. The lowest BCUT2D eigenvalue weighted by Crippen LogP contribution is -2.19. The van der Waals surface area contributed by atoms with Crippen LogP contribution in [0.5, 0.6) is 5.75 Å². The highest BCUT2D eigenvalue weighted by molar-refractivity contribution is 8.00. The van der Waals surface area contributed by atoms with Crippen LogP contribution in [0.1, 0.15) is 12.8 Å². The number of hydrogen-bond acceptors (Lipinski definition) is 4. The fraction of sp³-hybridized carbons (Fsp3) is 0.222. The fourth-order valence-corrected chi connectivity index (χ4v) is 3.11. The second-order valence-corrected chi connectivity index (χ2v) is 6.38. The summed E-state index contributed by atoms with van der Waals surface area (Å²) in [7, 11) is 0. The number of fused-ring (bicyclic) bond motifs is 1. The van der Waals surface area contributed by atoms with Gasteiger partial charge < -0.3 is 15.4 Å². The van der Waals surface area contributed by atoms with Crippen LogP contribution in [0.3, 0.4) is 0 Å². The van der Waals surface area contributed by atoms with Gasteiger partial charge in [0.05, 0.1) is 18.0 Å². The van der Waals surface area contributed by atoms with E-state index in [1.807, 2.05) is 42.5 Å². The van der Waals surface area contributed by atoms with Gasteiger partial charge in [-0.2, -0.15) is 0 Å². The van der Waals surface area contributed by atoms with Crippen molar-refractivity contribution in [1.29, 1.82) is 0 Å². The van der Waals surface area contributed by atoms with Crippen LogP contribution >= 0.6 is 11.8 Å². The van der Waals surface area contributed by atoms with E-state index in [9.17, 15) is 9.59 Å². The van der Waals surface area contributed by atoms with Crippen LogP contribution < -0.4 is 15.4 Å². The summed E-state index contributed by atoms with van der Waals surface area (Å²) in [5.41, 5.74) is 1.44. The summed E-state index contributed by atoms with van der Waals surface area (Å²) in [6, 6.07) is 15.1. The van der Waals surface area contributed by atoms with Crippen LogP contribution in [0.2, 0.25) is 0 Å². The predicted molar refractivity (Wildman–Crippen MR) is 95.6 cm³/mol. The molecule has 0 unspecified atom stereocenters. The highest BCUT2D eigenvalue weighted by atomic mass is 32.2. The Bertz CT molecular complexity index is 734. The number of carbonyl (C=O) groups excluding carboxylic acids is 2. The molecule has 0 radical (unpaired) electrons. The highest BCUT2D eigenvalue weighted by Gasteiger charge is 2.15. The van der Waals surface area contributed by atoms with Gasteiger partial charge in [-0.05, 0) is 36.8 Å². The molecule has 5 nitrogen and oxygen atoms in total. The second kappa shape index (κ2) is 7.88. The Hall–Kier alpha value is -2.47. The first-order chi connectivity index (χ1) is 11.7. The lowest BCUT2D eigenvalue weighted by molar-refractivity contribution is -0.116.